The number of carbonyl (C=O) groups excluding carboxylic acids is 1. The fraction of sp³-hybridized carbons (Fsp3) is 0.481. The summed E-state index contributed by atoms with van der Waals surface area (Å²) in [4.78, 5) is 26.3. The fourth-order valence-electron chi connectivity index (χ4n) is 4.48. The standard InChI is InChI=1S/C27H35NO6S/c1-16(2)20-12-22(17(3)4)25(23(13-20)18(5)6)35(32,33)34-21-14-24(27(30)31)28(15-21)26(29)19-10-8-7-9-11-19/h7-13,16-18,21,24H,14-15H2,1-6H3,(H,30,31)/t21-,24-/m0/s1. The van der Waals surface area contributed by atoms with Crippen LogP contribution in [0, 0.1) is 0 Å². The molecule has 8 heteroatoms. The molecular weight excluding hydrogens is 466 g/mol. The quantitative estimate of drug-likeness (QED) is 0.503. The van der Waals surface area contributed by atoms with Crippen LogP contribution in [0.3, 0.4) is 0 Å². The molecule has 7 nitrogen and oxygen atoms in total. The van der Waals surface area contributed by atoms with E-state index in [-0.39, 0.29) is 35.6 Å². The summed E-state index contributed by atoms with van der Waals surface area (Å²) in [5, 5.41) is 9.73. The lowest BCUT2D eigenvalue weighted by atomic mass is 9.89. The normalized spacial score (nSPS) is 18.6. The van der Waals surface area contributed by atoms with Gasteiger partial charge in [-0.3, -0.25) is 8.98 Å². The number of aliphatic carboxylic acids is 1. The maximum absolute atomic E-state index is 13.7. The van der Waals surface area contributed by atoms with Gasteiger partial charge in [0, 0.05) is 18.5 Å². The van der Waals surface area contributed by atoms with E-state index >= 15 is 0 Å². The number of rotatable bonds is 8. The third-order valence-electron chi connectivity index (χ3n) is 6.42. The average Bonchev–Trinajstić information content (AvgIpc) is 3.21. The predicted octanol–water partition coefficient (Wildman–Crippen LogP) is 5.13. The highest BCUT2D eigenvalue weighted by molar-refractivity contribution is 7.86. The molecule has 2 aromatic rings. The summed E-state index contributed by atoms with van der Waals surface area (Å²) < 4.78 is 33.0. The van der Waals surface area contributed by atoms with Crippen LogP contribution in [-0.4, -0.2) is 49.0 Å². The minimum atomic E-state index is -4.23. The molecule has 1 aliphatic rings. The molecule has 1 aliphatic heterocycles. The van der Waals surface area contributed by atoms with Crippen molar-refractivity contribution >= 4 is 22.0 Å². The zero-order chi connectivity index (χ0) is 26.1. The summed E-state index contributed by atoms with van der Waals surface area (Å²) in [7, 11) is -4.23. The lowest BCUT2D eigenvalue weighted by molar-refractivity contribution is -0.141. The van der Waals surface area contributed by atoms with E-state index < -0.39 is 34.1 Å². The van der Waals surface area contributed by atoms with Crippen molar-refractivity contribution in [2.45, 2.75) is 82.8 Å². The van der Waals surface area contributed by atoms with Crippen LogP contribution in [0.15, 0.2) is 47.4 Å². The molecule has 0 unspecified atom stereocenters. The van der Waals surface area contributed by atoms with E-state index in [4.69, 9.17) is 4.18 Å². The summed E-state index contributed by atoms with van der Waals surface area (Å²) in [6.45, 7) is 11.8. The molecule has 0 aliphatic carbocycles. The third-order valence-corrected chi connectivity index (χ3v) is 7.92. The summed E-state index contributed by atoms with van der Waals surface area (Å²) >= 11 is 0. The van der Waals surface area contributed by atoms with Crippen molar-refractivity contribution in [1.82, 2.24) is 4.90 Å². The van der Waals surface area contributed by atoms with Crippen molar-refractivity contribution in [3.8, 4) is 0 Å². The van der Waals surface area contributed by atoms with Crippen molar-refractivity contribution in [3.05, 3.63) is 64.7 Å². The summed E-state index contributed by atoms with van der Waals surface area (Å²) in [6, 6.07) is 11.0. The Labute approximate surface area is 208 Å². The first kappa shape index (κ1) is 26.9. The third kappa shape index (κ3) is 5.76. The van der Waals surface area contributed by atoms with Gasteiger partial charge in [0.25, 0.3) is 16.0 Å². The molecule has 0 radical (unpaired) electrons. The average molecular weight is 502 g/mol. The van der Waals surface area contributed by atoms with Crippen LogP contribution in [0.25, 0.3) is 0 Å². The van der Waals surface area contributed by atoms with E-state index in [1.165, 1.54) is 4.90 Å². The Morgan fingerprint density at radius 3 is 1.94 bits per heavy atom. The molecule has 1 amide bonds. The van der Waals surface area contributed by atoms with Gasteiger partial charge in [-0.25, -0.2) is 4.79 Å². The highest BCUT2D eigenvalue weighted by Crippen LogP contribution is 2.37. The smallest absolute Gasteiger partial charge is 0.326 e. The van der Waals surface area contributed by atoms with Gasteiger partial charge < -0.3 is 10.0 Å². The molecule has 190 valence electrons. The number of carbonyl (C=O) groups is 2. The van der Waals surface area contributed by atoms with Gasteiger partial charge in [0.1, 0.15) is 10.9 Å². The van der Waals surface area contributed by atoms with Crippen LogP contribution in [-0.2, 0) is 19.1 Å². The van der Waals surface area contributed by atoms with E-state index in [1.807, 2.05) is 39.8 Å². The van der Waals surface area contributed by atoms with Crippen LogP contribution < -0.4 is 0 Å². The Kier molecular flexibility index (Phi) is 8.07. The first-order valence-corrected chi connectivity index (χ1v) is 13.4. The van der Waals surface area contributed by atoms with Gasteiger partial charge in [-0.15, -0.1) is 0 Å². The minimum absolute atomic E-state index is 0.0638. The van der Waals surface area contributed by atoms with Crippen molar-refractivity contribution in [1.29, 1.82) is 0 Å². The Hall–Kier alpha value is -2.71. The first-order chi connectivity index (χ1) is 16.3. The first-order valence-electron chi connectivity index (χ1n) is 12.0. The summed E-state index contributed by atoms with van der Waals surface area (Å²) in [5.41, 5.74) is 2.77. The topological polar surface area (TPSA) is 101 Å². The maximum Gasteiger partial charge on any atom is 0.326 e. The van der Waals surface area contributed by atoms with Crippen LogP contribution in [0.5, 0.6) is 0 Å². The van der Waals surface area contributed by atoms with E-state index in [0.29, 0.717) is 16.7 Å². The molecule has 1 saturated heterocycles. The van der Waals surface area contributed by atoms with Crippen LogP contribution >= 0.6 is 0 Å². The second-order valence-electron chi connectivity index (χ2n) is 10.1. The Morgan fingerprint density at radius 1 is 0.943 bits per heavy atom. The summed E-state index contributed by atoms with van der Waals surface area (Å²) in [6.07, 6.45) is -1.07. The van der Waals surface area contributed by atoms with Gasteiger partial charge in [-0.2, -0.15) is 8.42 Å². The van der Waals surface area contributed by atoms with Crippen LogP contribution in [0.4, 0.5) is 0 Å². The SMILES string of the molecule is CC(C)c1cc(C(C)C)c(S(=O)(=O)O[C@H]2C[C@@H](C(=O)O)N(C(=O)c3ccccc3)C2)c(C(C)C)c1. The molecule has 1 heterocycles. The number of carboxylic acids is 1. The second kappa shape index (κ2) is 10.5. The lowest BCUT2D eigenvalue weighted by Gasteiger charge is -2.23. The molecule has 0 bridgehead atoms. The number of hydrogen-bond donors (Lipinski definition) is 1. The van der Waals surface area contributed by atoms with Gasteiger partial charge in [-0.05, 0) is 46.6 Å². The van der Waals surface area contributed by atoms with Gasteiger partial charge in [0.2, 0.25) is 0 Å². The summed E-state index contributed by atoms with van der Waals surface area (Å²) in [5.74, 6) is -1.55. The van der Waals surface area contributed by atoms with Gasteiger partial charge in [-0.1, -0.05) is 71.9 Å². The van der Waals surface area contributed by atoms with E-state index in [9.17, 15) is 23.1 Å². The van der Waals surface area contributed by atoms with Crippen molar-refractivity contribution in [3.63, 3.8) is 0 Å². The van der Waals surface area contributed by atoms with Crippen molar-refractivity contribution < 1.29 is 27.3 Å². The Morgan fingerprint density at radius 2 is 1.49 bits per heavy atom. The molecule has 1 N–H and O–H groups in total. The highest BCUT2D eigenvalue weighted by Gasteiger charge is 2.43. The highest BCUT2D eigenvalue weighted by atomic mass is 32.2. The van der Waals surface area contributed by atoms with E-state index in [0.717, 1.165) is 5.56 Å². The monoisotopic (exact) mass is 501 g/mol. The molecule has 35 heavy (non-hydrogen) atoms. The number of amides is 1. The number of likely N-dealkylation sites (tertiary alicyclic amines) is 1. The minimum Gasteiger partial charge on any atom is -0.480 e. The van der Waals surface area contributed by atoms with Gasteiger partial charge in [0.05, 0.1) is 6.10 Å². The molecule has 2 atom stereocenters. The molecule has 0 aromatic heterocycles. The van der Waals surface area contributed by atoms with Crippen LogP contribution in [0.1, 0.15) is 92.8 Å². The predicted molar refractivity (Wildman–Crippen MR) is 134 cm³/mol. The molecule has 2 aromatic carbocycles. The zero-order valence-corrected chi connectivity index (χ0v) is 22.0. The maximum atomic E-state index is 13.7. The largest absolute Gasteiger partial charge is 0.480 e. The van der Waals surface area contributed by atoms with Crippen LogP contribution in [0.2, 0.25) is 0 Å². The van der Waals surface area contributed by atoms with Crippen molar-refractivity contribution in [2.24, 2.45) is 0 Å². The Bertz CT molecular complexity index is 1160. The zero-order valence-electron chi connectivity index (χ0n) is 21.2. The lowest BCUT2D eigenvalue weighted by Crippen LogP contribution is -2.40. The molecule has 1 fully saturated rings. The number of carboxylic acid groups (broad SMARTS) is 1. The molecule has 0 saturated carbocycles. The number of nitrogens with zero attached hydrogens (tertiary/aromatic N) is 1. The van der Waals surface area contributed by atoms with Gasteiger partial charge in [0.15, 0.2) is 0 Å². The fourth-order valence-corrected chi connectivity index (χ4v) is 6.24. The van der Waals surface area contributed by atoms with Crippen molar-refractivity contribution in [2.75, 3.05) is 6.54 Å². The van der Waals surface area contributed by atoms with E-state index in [1.54, 1.807) is 30.3 Å². The Balaban J connectivity index is 1.98. The number of benzene rings is 2. The molecule has 3 rings (SSSR count). The number of hydrogen-bond acceptors (Lipinski definition) is 5. The van der Waals surface area contributed by atoms with E-state index in [2.05, 4.69) is 13.8 Å². The second-order valence-corrected chi connectivity index (χ2v) is 11.6. The van der Waals surface area contributed by atoms with Gasteiger partial charge >= 0.3 is 5.97 Å². The molecular formula is C27H35NO6S. The molecule has 0 spiro atoms.